The molecule has 0 saturated carbocycles. The molecule has 0 fully saturated rings. The summed E-state index contributed by atoms with van der Waals surface area (Å²) in [5.74, 6) is 1.06. The van der Waals surface area contributed by atoms with Crippen LogP contribution in [0.25, 0.3) is 0 Å². The number of benzene rings is 1. The SMILES string of the molecule is CCCCCS(=O)(=O)C1Cc2ccc(OC)cc2C1NC. The lowest BCUT2D eigenvalue weighted by atomic mass is 10.1. The van der Waals surface area contributed by atoms with Crippen molar-refractivity contribution in [2.75, 3.05) is 19.9 Å². The third kappa shape index (κ3) is 3.40. The van der Waals surface area contributed by atoms with Crippen LogP contribution in [0.4, 0.5) is 0 Å². The molecule has 0 bridgehead atoms. The Balaban J connectivity index is 2.23. The number of methoxy groups -OCH3 is 1. The van der Waals surface area contributed by atoms with Crippen molar-refractivity contribution in [1.82, 2.24) is 5.32 Å². The van der Waals surface area contributed by atoms with Crippen molar-refractivity contribution in [2.45, 2.75) is 43.9 Å². The van der Waals surface area contributed by atoms with E-state index in [1.165, 1.54) is 0 Å². The monoisotopic (exact) mass is 311 g/mol. The summed E-state index contributed by atoms with van der Waals surface area (Å²) in [5.41, 5.74) is 2.17. The van der Waals surface area contributed by atoms with E-state index >= 15 is 0 Å². The number of unbranched alkanes of at least 4 members (excludes halogenated alkanes) is 2. The van der Waals surface area contributed by atoms with E-state index in [2.05, 4.69) is 12.2 Å². The van der Waals surface area contributed by atoms with Crippen molar-refractivity contribution in [3.63, 3.8) is 0 Å². The normalized spacial score (nSPS) is 21.3. The standard InChI is InChI=1S/C16H25NO3S/c1-4-5-6-9-21(18,19)15-10-12-7-8-13(20-3)11-14(12)16(15)17-2/h7-8,11,15-17H,4-6,9-10H2,1-3H3. The predicted octanol–water partition coefficient (Wildman–Crippen LogP) is 2.49. The largest absolute Gasteiger partial charge is 0.497 e. The molecule has 118 valence electrons. The molecule has 1 N–H and O–H groups in total. The Morgan fingerprint density at radius 2 is 2.10 bits per heavy atom. The molecule has 0 radical (unpaired) electrons. The minimum atomic E-state index is -3.08. The van der Waals surface area contributed by atoms with Crippen molar-refractivity contribution in [3.8, 4) is 5.75 Å². The second kappa shape index (κ2) is 6.79. The zero-order valence-corrected chi connectivity index (χ0v) is 13.9. The highest BCUT2D eigenvalue weighted by molar-refractivity contribution is 7.92. The van der Waals surface area contributed by atoms with Crippen molar-refractivity contribution >= 4 is 9.84 Å². The molecular weight excluding hydrogens is 286 g/mol. The molecule has 2 atom stereocenters. The number of ether oxygens (including phenoxy) is 1. The van der Waals surface area contributed by atoms with Crippen LogP contribution in [0.1, 0.15) is 43.4 Å². The Labute approximate surface area is 127 Å². The summed E-state index contributed by atoms with van der Waals surface area (Å²) in [6.45, 7) is 2.08. The quantitative estimate of drug-likeness (QED) is 0.786. The fourth-order valence-electron chi connectivity index (χ4n) is 3.09. The van der Waals surface area contributed by atoms with E-state index in [9.17, 15) is 8.42 Å². The van der Waals surface area contributed by atoms with Crippen LogP contribution in [-0.2, 0) is 16.3 Å². The van der Waals surface area contributed by atoms with Crippen LogP contribution in [0.15, 0.2) is 18.2 Å². The number of hydrogen-bond acceptors (Lipinski definition) is 4. The molecule has 0 aliphatic heterocycles. The second-order valence-corrected chi connectivity index (χ2v) is 7.99. The van der Waals surface area contributed by atoms with Crippen LogP contribution >= 0.6 is 0 Å². The highest BCUT2D eigenvalue weighted by atomic mass is 32.2. The Kier molecular flexibility index (Phi) is 5.27. The van der Waals surface area contributed by atoms with E-state index in [1.54, 1.807) is 7.11 Å². The molecule has 1 aliphatic carbocycles. The molecular formula is C16H25NO3S. The highest BCUT2D eigenvalue weighted by Gasteiger charge is 2.39. The van der Waals surface area contributed by atoms with E-state index in [1.807, 2.05) is 25.2 Å². The van der Waals surface area contributed by atoms with Gasteiger partial charge in [-0.2, -0.15) is 0 Å². The molecule has 21 heavy (non-hydrogen) atoms. The average molecular weight is 311 g/mol. The topological polar surface area (TPSA) is 55.4 Å². The summed E-state index contributed by atoms with van der Waals surface area (Å²) < 4.78 is 30.5. The lowest BCUT2D eigenvalue weighted by molar-refractivity contribution is 0.413. The first-order chi connectivity index (χ1) is 10.0. The number of sulfone groups is 1. The van der Waals surface area contributed by atoms with Gasteiger partial charge in [-0.05, 0) is 43.1 Å². The van der Waals surface area contributed by atoms with Crippen LogP contribution in [0.5, 0.6) is 5.75 Å². The third-order valence-corrected chi connectivity index (χ3v) is 6.50. The fraction of sp³-hybridized carbons (Fsp3) is 0.625. The first-order valence-corrected chi connectivity index (χ1v) is 9.30. The van der Waals surface area contributed by atoms with Gasteiger partial charge in [-0.1, -0.05) is 25.8 Å². The van der Waals surface area contributed by atoms with Gasteiger partial charge in [0.05, 0.1) is 18.1 Å². The molecule has 2 rings (SSSR count). The van der Waals surface area contributed by atoms with Crippen molar-refractivity contribution in [1.29, 1.82) is 0 Å². The van der Waals surface area contributed by atoms with E-state index in [0.29, 0.717) is 6.42 Å². The van der Waals surface area contributed by atoms with Gasteiger partial charge in [0, 0.05) is 6.04 Å². The van der Waals surface area contributed by atoms with Gasteiger partial charge in [-0.25, -0.2) is 8.42 Å². The number of rotatable bonds is 7. The van der Waals surface area contributed by atoms with E-state index in [4.69, 9.17) is 4.74 Å². The maximum Gasteiger partial charge on any atom is 0.155 e. The maximum absolute atomic E-state index is 12.6. The number of hydrogen-bond donors (Lipinski definition) is 1. The summed E-state index contributed by atoms with van der Waals surface area (Å²) in [7, 11) is 0.372. The number of fused-ring (bicyclic) bond motifs is 1. The summed E-state index contributed by atoms with van der Waals surface area (Å²) in [5, 5.41) is 2.82. The molecule has 1 aromatic carbocycles. The summed E-state index contributed by atoms with van der Waals surface area (Å²) in [6.07, 6.45) is 3.36. The lowest BCUT2D eigenvalue weighted by Gasteiger charge is -2.20. The van der Waals surface area contributed by atoms with Crippen LogP contribution in [-0.4, -0.2) is 33.6 Å². The molecule has 5 heteroatoms. The van der Waals surface area contributed by atoms with Crippen molar-refractivity contribution in [3.05, 3.63) is 29.3 Å². The van der Waals surface area contributed by atoms with Crippen LogP contribution in [0, 0.1) is 0 Å². The summed E-state index contributed by atoms with van der Waals surface area (Å²) in [6, 6.07) is 5.71. The number of nitrogens with one attached hydrogen (secondary N) is 1. The first-order valence-electron chi connectivity index (χ1n) is 7.59. The molecule has 1 aliphatic rings. The molecule has 0 spiro atoms. The van der Waals surface area contributed by atoms with Crippen molar-refractivity contribution in [2.24, 2.45) is 0 Å². The summed E-state index contributed by atoms with van der Waals surface area (Å²) in [4.78, 5) is 0. The van der Waals surface area contributed by atoms with Crippen LogP contribution < -0.4 is 10.1 Å². The third-order valence-electron chi connectivity index (χ3n) is 4.29. The highest BCUT2D eigenvalue weighted by Crippen LogP contribution is 2.37. The fourth-order valence-corrected chi connectivity index (χ4v) is 5.13. The zero-order valence-electron chi connectivity index (χ0n) is 13.1. The second-order valence-electron chi connectivity index (χ2n) is 5.65. The average Bonchev–Trinajstić information content (AvgIpc) is 2.85. The Hall–Kier alpha value is -1.07. The van der Waals surface area contributed by atoms with E-state index in [0.717, 1.165) is 36.1 Å². The van der Waals surface area contributed by atoms with Gasteiger partial charge in [-0.3, -0.25) is 0 Å². The first kappa shape index (κ1) is 16.3. The zero-order chi connectivity index (χ0) is 15.5. The molecule has 0 aromatic heterocycles. The van der Waals surface area contributed by atoms with E-state index < -0.39 is 9.84 Å². The van der Waals surface area contributed by atoms with Gasteiger partial charge in [-0.15, -0.1) is 0 Å². The van der Waals surface area contributed by atoms with Crippen LogP contribution in [0.2, 0.25) is 0 Å². The summed E-state index contributed by atoms with van der Waals surface area (Å²) >= 11 is 0. The predicted molar refractivity (Wildman–Crippen MR) is 85.6 cm³/mol. The lowest BCUT2D eigenvalue weighted by Crippen LogP contribution is -2.34. The molecule has 0 amide bonds. The van der Waals surface area contributed by atoms with Gasteiger partial charge in [0.1, 0.15) is 5.75 Å². The minimum absolute atomic E-state index is 0.137. The molecule has 0 saturated heterocycles. The Bertz CT molecular complexity index is 583. The molecule has 1 aromatic rings. The molecule has 2 unspecified atom stereocenters. The maximum atomic E-state index is 12.6. The molecule has 4 nitrogen and oxygen atoms in total. The van der Waals surface area contributed by atoms with Gasteiger partial charge < -0.3 is 10.1 Å². The van der Waals surface area contributed by atoms with Gasteiger partial charge in [0.15, 0.2) is 9.84 Å². The van der Waals surface area contributed by atoms with Crippen LogP contribution in [0.3, 0.4) is 0 Å². The van der Waals surface area contributed by atoms with Gasteiger partial charge in [0.25, 0.3) is 0 Å². The van der Waals surface area contributed by atoms with Gasteiger partial charge in [0.2, 0.25) is 0 Å². The smallest absolute Gasteiger partial charge is 0.155 e. The Morgan fingerprint density at radius 1 is 1.33 bits per heavy atom. The van der Waals surface area contributed by atoms with Gasteiger partial charge >= 0.3 is 0 Å². The minimum Gasteiger partial charge on any atom is -0.497 e. The molecule has 0 heterocycles. The Morgan fingerprint density at radius 3 is 2.71 bits per heavy atom. The van der Waals surface area contributed by atoms with Crippen molar-refractivity contribution < 1.29 is 13.2 Å². The van der Waals surface area contributed by atoms with E-state index in [-0.39, 0.29) is 17.0 Å².